The van der Waals surface area contributed by atoms with Crippen LogP contribution in [0.2, 0.25) is 10.2 Å². The molecule has 1 N–H and O–H groups in total. The van der Waals surface area contributed by atoms with Crippen LogP contribution in [0.4, 0.5) is 0 Å². The van der Waals surface area contributed by atoms with E-state index >= 15 is 0 Å². The maximum Gasteiger partial charge on any atom is 0.268 e. The van der Waals surface area contributed by atoms with Gasteiger partial charge >= 0.3 is 0 Å². The van der Waals surface area contributed by atoms with Crippen LogP contribution in [0.1, 0.15) is 40.7 Å². The third-order valence-electron chi connectivity index (χ3n) is 3.71. The number of carbonyl (C=O) groups is 1. The van der Waals surface area contributed by atoms with Crippen molar-refractivity contribution in [3.8, 4) is 0 Å². The van der Waals surface area contributed by atoms with E-state index in [1.54, 1.807) is 23.9 Å². The Labute approximate surface area is 126 Å². The second kappa shape index (κ2) is 5.19. The summed E-state index contributed by atoms with van der Waals surface area (Å²) in [5, 5.41) is 3.77. The molecule has 0 aromatic carbocycles. The molecule has 0 bridgehead atoms. The van der Waals surface area contributed by atoms with Crippen molar-refractivity contribution in [2.45, 2.75) is 25.3 Å². The lowest BCUT2D eigenvalue weighted by atomic mass is 9.93. The maximum absolute atomic E-state index is 12.4. The first kappa shape index (κ1) is 13.6. The van der Waals surface area contributed by atoms with Crippen LogP contribution in [0.3, 0.4) is 0 Å². The van der Waals surface area contributed by atoms with Gasteiger partial charge in [-0.1, -0.05) is 23.2 Å². The minimum absolute atomic E-state index is 0.0162. The highest BCUT2D eigenvalue weighted by Crippen LogP contribution is 2.31. The summed E-state index contributed by atoms with van der Waals surface area (Å²) in [6.07, 6.45) is 4.51. The number of nitrogens with zero attached hydrogens (tertiary/aromatic N) is 1. The van der Waals surface area contributed by atoms with Crippen molar-refractivity contribution < 1.29 is 9.21 Å². The van der Waals surface area contributed by atoms with Gasteiger partial charge in [-0.2, -0.15) is 0 Å². The molecule has 0 saturated carbocycles. The standard InChI is InChI=1S/C14H14Cl2N2O2/c1-18-11(7-9(15)13(18)16)14(19)17-10-3-2-4-12-8(10)5-6-20-12/h5-7,10H,2-4H2,1H3,(H,17,19). The average molecular weight is 313 g/mol. The molecule has 2 aromatic heterocycles. The molecule has 1 aliphatic carbocycles. The van der Waals surface area contributed by atoms with Gasteiger partial charge in [0.2, 0.25) is 0 Å². The van der Waals surface area contributed by atoms with Crippen molar-refractivity contribution in [2.75, 3.05) is 0 Å². The number of aromatic nitrogens is 1. The summed E-state index contributed by atoms with van der Waals surface area (Å²) in [6, 6.07) is 3.49. The van der Waals surface area contributed by atoms with Crippen LogP contribution in [0.25, 0.3) is 0 Å². The van der Waals surface area contributed by atoms with Gasteiger partial charge in [-0.25, -0.2) is 0 Å². The molecule has 3 rings (SSSR count). The van der Waals surface area contributed by atoms with Crippen LogP contribution < -0.4 is 5.32 Å². The number of hydrogen-bond acceptors (Lipinski definition) is 2. The molecule has 20 heavy (non-hydrogen) atoms. The number of nitrogens with one attached hydrogen (secondary N) is 1. The van der Waals surface area contributed by atoms with E-state index in [0.717, 1.165) is 30.6 Å². The number of amides is 1. The zero-order valence-electron chi connectivity index (χ0n) is 11.0. The Morgan fingerprint density at radius 1 is 1.50 bits per heavy atom. The first-order chi connectivity index (χ1) is 9.58. The van der Waals surface area contributed by atoms with Crippen LogP contribution >= 0.6 is 23.2 Å². The molecule has 2 heterocycles. The van der Waals surface area contributed by atoms with Crippen LogP contribution in [0.5, 0.6) is 0 Å². The molecule has 2 aromatic rings. The maximum atomic E-state index is 12.4. The Bertz CT molecular complexity index is 660. The van der Waals surface area contributed by atoms with Gasteiger partial charge in [-0.15, -0.1) is 0 Å². The van der Waals surface area contributed by atoms with E-state index in [0.29, 0.717) is 15.9 Å². The van der Waals surface area contributed by atoms with Gasteiger partial charge in [0, 0.05) is 19.0 Å². The summed E-state index contributed by atoms with van der Waals surface area (Å²) in [6.45, 7) is 0. The van der Waals surface area contributed by atoms with Crippen molar-refractivity contribution in [3.05, 3.63) is 45.6 Å². The molecule has 1 amide bonds. The third kappa shape index (κ3) is 2.23. The first-order valence-corrected chi connectivity index (χ1v) is 7.21. The molecule has 4 nitrogen and oxygen atoms in total. The molecule has 106 valence electrons. The Kier molecular flexibility index (Phi) is 3.52. The van der Waals surface area contributed by atoms with E-state index in [1.807, 2.05) is 6.07 Å². The fraction of sp³-hybridized carbons (Fsp3) is 0.357. The molecule has 0 aliphatic heterocycles. The number of hydrogen-bond donors (Lipinski definition) is 1. The van der Waals surface area contributed by atoms with Crippen molar-refractivity contribution in [2.24, 2.45) is 7.05 Å². The van der Waals surface area contributed by atoms with E-state index in [-0.39, 0.29) is 11.9 Å². The predicted molar refractivity (Wildman–Crippen MR) is 77.3 cm³/mol. The lowest BCUT2D eigenvalue weighted by Gasteiger charge is -2.22. The van der Waals surface area contributed by atoms with E-state index in [9.17, 15) is 4.79 Å². The Balaban J connectivity index is 1.82. The summed E-state index contributed by atoms with van der Waals surface area (Å²) in [7, 11) is 1.72. The smallest absolute Gasteiger partial charge is 0.268 e. The van der Waals surface area contributed by atoms with E-state index in [1.165, 1.54) is 0 Å². The largest absolute Gasteiger partial charge is 0.469 e. The van der Waals surface area contributed by atoms with Crippen molar-refractivity contribution in [1.29, 1.82) is 0 Å². The minimum Gasteiger partial charge on any atom is -0.469 e. The Morgan fingerprint density at radius 3 is 3.00 bits per heavy atom. The molecular weight excluding hydrogens is 299 g/mol. The normalized spacial score (nSPS) is 17.9. The highest BCUT2D eigenvalue weighted by molar-refractivity contribution is 6.41. The molecule has 0 saturated heterocycles. The number of carbonyl (C=O) groups excluding carboxylic acids is 1. The van der Waals surface area contributed by atoms with E-state index < -0.39 is 0 Å². The first-order valence-electron chi connectivity index (χ1n) is 6.45. The zero-order valence-corrected chi connectivity index (χ0v) is 12.5. The van der Waals surface area contributed by atoms with Crippen molar-refractivity contribution in [3.63, 3.8) is 0 Å². The second-order valence-electron chi connectivity index (χ2n) is 4.94. The summed E-state index contributed by atoms with van der Waals surface area (Å²) >= 11 is 11.9. The number of furan rings is 1. The number of rotatable bonds is 2. The fourth-order valence-electron chi connectivity index (χ4n) is 2.63. The quantitative estimate of drug-likeness (QED) is 0.918. The molecule has 0 radical (unpaired) electrons. The van der Waals surface area contributed by atoms with Crippen LogP contribution in [0.15, 0.2) is 22.8 Å². The third-order valence-corrected chi connectivity index (χ3v) is 4.55. The lowest BCUT2D eigenvalue weighted by Crippen LogP contribution is -2.31. The zero-order chi connectivity index (χ0) is 14.3. The number of aryl methyl sites for hydroxylation is 1. The lowest BCUT2D eigenvalue weighted by molar-refractivity contribution is 0.0924. The molecule has 1 atom stereocenters. The van der Waals surface area contributed by atoms with Gasteiger partial charge in [-0.05, 0) is 25.0 Å². The molecule has 6 heteroatoms. The molecule has 1 aliphatic rings. The molecular formula is C14H14Cl2N2O2. The highest BCUT2D eigenvalue weighted by atomic mass is 35.5. The van der Waals surface area contributed by atoms with Gasteiger partial charge in [0.05, 0.1) is 17.3 Å². The number of halogens is 2. The van der Waals surface area contributed by atoms with Gasteiger partial charge in [0.1, 0.15) is 16.6 Å². The van der Waals surface area contributed by atoms with Gasteiger partial charge in [-0.3, -0.25) is 4.79 Å². The summed E-state index contributed by atoms with van der Waals surface area (Å²) in [5.74, 6) is 0.782. The summed E-state index contributed by atoms with van der Waals surface area (Å²) in [5.41, 5.74) is 1.52. The monoisotopic (exact) mass is 312 g/mol. The molecule has 1 unspecified atom stereocenters. The Hall–Kier alpha value is -1.39. The van der Waals surface area contributed by atoms with Crippen molar-refractivity contribution >= 4 is 29.1 Å². The summed E-state index contributed by atoms with van der Waals surface area (Å²) < 4.78 is 7.00. The second-order valence-corrected chi connectivity index (χ2v) is 5.71. The predicted octanol–water partition coefficient (Wildman–Crippen LogP) is 3.73. The van der Waals surface area contributed by atoms with E-state index in [2.05, 4.69) is 5.32 Å². The van der Waals surface area contributed by atoms with Crippen LogP contribution in [-0.2, 0) is 13.5 Å². The van der Waals surface area contributed by atoms with Crippen LogP contribution in [-0.4, -0.2) is 10.5 Å². The van der Waals surface area contributed by atoms with Gasteiger partial charge < -0.3 is 14.3 Å². The summed E-state index contributed by atoms with van der Waals surface area (Å²) in [4.78, 5) is 12.4. The topological polar surface area (TPSA) is 47.2 Å². The fourth-order valence-corrected chi connectivity index (χ4v) is 3.00. The average Bonchev–Trinajstić information content (AvgIpc) is 3.00. The molecule has 0 fully saturated rings. The van der Waals surface area contributed by atoms with Gasteiger partial charge in [0.25, 0.3) is 5.91 Å². The van der Waals surface area contributed by atoms with Gasteiger partial charge in [0.15, 0.2) is 0 Å². The van der Waals surface area contributed by atoms with Crippen molar-refractivity contribution in [1.82, 2.24) is 9.88 Å². The number of fused-ring (bicyclic) bond motifs is 1. The highest BCUT2D eigenvalue weighted by Gasteiger charge is 2.25. The molecule has 0 spiro atoms. The van der Waals surface area contributed by atoms with E-state index in [4.69, 9.17) is 27.6 Å². The van der Waals surface area contributed by atoms with Crippen LogP contribution in [0, 0.1) is 0 Å². The Morgan fingerprint density at radius 2 is 2.30 bits per heavy atom. The minimum atomic E-state index is -0.180. The SMILES string of the molecule is Cn1c(C(=O)NC2CCCc3occc32)cc(Cl)c1Cl.